The minimum absolute atomic E-state index is 0.0144. The molecule has 5 heteroatoms. The summed E-state index contributed by atoms with van der Waals surface area (Å²) in [6.07, 6.45) is 26.9. The second kappa shape index (κ2) is 23.1. The Morgan fingerprint density at radius 2 is 1.26 bits per heavy atom. The van der Waals surface area contributed by atoms with E-state index in [1.807, 2.05) is 0 Å². The third kappa shape index (κ3) is 16.9. The molecular formula is C34H59N2O3+. The predicted molar refractivity (Wildman–Crippen MR) is 162 cm³/mol. The maximum absolute atomic E-state index is 5.93. The molecule has 0 amide bonds. The largest absolute Gasteiger partial charge is 0.379 e. The molecule has 1 aromatic heterocycles. The SMILES string of the molecule is CCCCCCCCCCCCCCCCOCC(COCc1ccc(Cn2cc[n+](CCC)c2)cc1)OC. The lowest BCUT2D eigenvalue weighted by molar-refractivity contribution is -0.696. The Hall–Kier alpha value is -1.69. The highest BCUT2D eigenvalue weighted by atomic mass is 16.6. The van der Waals surface area contributed by atoms with Crippen molar-refractivity contribution in [2.45, 2.75) is 136 Å². The van der Waals surface area contributed by atoms with Gasteiger partial charge in [0.05, 0.1) is 26.4 Å². The molecule has 2 rings (SSSR count). The molecule has 0 saturated carbocycles. The lowest BCUT2D eigenvalue weighted by atomic mass is 10.0. The van der Waals surface area contributed by atoms with Crippen molar-refractivity contribution in [3.8, 4) is 0 Å². The molecule has 0 N–H and O–H groups in total. The first-order valence-electron chi connectivity index (χ1n) is 16.1. The summed E-state index contributed by atoms with van der Waals surface area (Å²) in [5.41, 5.74) is 2.48. The second-order valence-corrected chi connectivity index (χ2v) is 11.2. The molecular weight excluding hydrogens is 484 g/mol. The van der Waals surface area contributed by atoms with Crippen molar-refractivity contribution < 1.29 is 18.8 Å². The first-order chi connectivity index (χ1) is 19.2. The third-order valence-electron chi connectivity index (χ3n) is 7.47. The number of imidazole rings is 1. The zero-order valence-electron chi connectivity index (χ0n) is 25.6. The van der Waals surface area contributed by atoms with E-state index < -0.39 is 0 Å². The van der Waals surface area contributed by atoms with Gasteiger partial charge in [0.25, 0.3) is 0 Å². The molecule has 0 fully saturated rings. The van der Waals surface area contributed by atoms with Crippen molar-refractivity contribution in [1.82, 2.24) is 4.57 Å². The van der Waals surface area contributed by atoms with Crippen LogP contribution in [0, 0.1) is 0 Å². The fourth-order valence-electron chi connectivity index (χ4n) is 4.98. The van der Waals surface area contributed by atoms with Crippen molar-refractivity contribution in [3.63, 3.8) is 0 Å². The first kappa shape index (κ1) is 33.5. The molecule has 0 spiro atoms. The number of aryl methyl sites for hydroxylation is 1. The molecule has 222 valence electrons. The second-order valence-electron chi connectivity index (χ2n) is 11.2. The average Bonchev–Trinajstić information content (AvgIpc) is 3.39. The molecule has 1 atom stereocenters. The highest BCUT2D eigenvalue weighted by molar-refractivity contribution is 5.22. The zero-order valence-corrected chi connectivity index (χ0v) is 25.6. The van der Waals surface area contributed by atoms with Gasteiger partial charge < -0.3 is 14.2 Å². The summed E-state index contributed by atoms with van der Waals surface area (Å²) in [6.45, 7) is 9.01. The minimum Gasteiger partial charge on any atom is -0.379 e. The molecule has 0 aliphatic carbocycles. The van der Waals surface area contributed by atoms with Crippen LogP contribution < -0.4 is 4.57 Å². The molecule has 0 radical (unpaired) electrons. The van der Waals surface area contributed by atoms with Gasteiger partial charge >= 0.3 is 0 Å². The monoisotopic (exact) mass is 543 g/mol. The van der Waals surface area contributed by atoms with Crippen molar-refractivity contribution in [2.24, 2.45) is 0 Å². The number of benzene rings is 1. The van der Waals surface area contributed by atoms with Gasteiger partial charge in [-0.1, -0.05) is 122 Å². The molecule has 2 aromatic rings. The van der Waals surface area contributed by atoms with Crippen molar-refractivity contribution in [1.29, 1.82) is 0 Å². The molecule has 5 nitrogen and oxygen atoms in total. The van der Waals surface area contributed by atoms with Gasteiger partial charge in [0.15, 0.2) is 0 Å². The van der Waals surface area contributed by atoms with Crippen LogP contribution in [0.5, 0.6) is 0 Å². The number of rotatable bonds is 26. The quantitative estimate of drug-likeness (QED) is 0.0885. The molecule has 0 saturated heterocycles. The van der Waals surface area contributed by atoms with Gasteiger partial charge in [0.1, 0.15) is 25.0 Å². The van der Waals surface area contributed by atoms with Crippen molar-refractivity contribution in [2.75, 3.05) is 26.9 Å². The summed E-state index contributed by atoms with van der Waals surface area (Å²) in [6, 6.07) is 8.70. The standard InChI is InChI=1S/C34H59N2O3/c1-4-6-7-8-9-10-11-12-13-14-15-16-17-18-26-38-29-34(37-3)30-39-28-33-21-19-32(20-22-33)27-36-25-24-35(31-36)23-5-2/h19-22,24-25,31,34H,4-18,23,26-30H2,1-3H3/q+1. The third-order valence-corrected chi connectivity index (χ3v) is 7.47. The van der Waals surface area contributed by atoms with Crippen LogP contribution in [-0.2, 0) is 33.9 Å². The summed E-state index contributed by atoms with van der Waals surface area (Å²) in [4.78, 5) is 0. The van der Waals surface area contributed by atoms with Crippen LogP contribution in [-0.4, -0.2) is 37.6 Å². The van der Waals surface area contributed by atoms with Crippen LogP contribution in [0.2, 0.25) is 0 Å². The van der Waals surface area contributed by atoms with E-state index in [0.29, 0.717) is 19.8 Å². The van der Waals surface area contributed by atoms with Crippen molar-refractivity contribution >= 4 is 0 Å². The van der Waals surface area contributed by atoms with E-state index >= 15 is 0 Å². The Morgan fingerprint density at radius 1 is 0.692 bits per heavy atom. The van der Waals surface area contributed by atoms with Gasteiger partial charge in [-0.05, 0) is 24.0 Å². The van der Waals surface area contributed by atoms with Crippen LogP contribution in [0.3, 0.4) is 0 Å². The van der Waals surface area contributed by atoms with E-state index in [0.717, 1.165) is 32.5 Å². The number of aromatic nitrogens is 2. The number of methoxy groups -OCH3 is 1. The summed E-state index contributed by atoms with van der Waals surface area (Å²) >= 11 is 0. The summed E-state index contributed by atoms with van der Waals surface area (Å²) in [7, 11) is 1.74. The molecule has 0 bridgehead atoms. The highest BCUT2D eigenvalue weighted by Crippen LogP contribution is 2.13. The topological polar surface area (TPSA) is 36.5 Å². The van der Waals surface area contributed by atoms with Crippen LogP contribution in [0.1, 0.15) is 121 Å². The van der Waals surface area contributed by atoms with Crippen LogP contribution >= 0.6 is 0 Å². The van der Waals surface area contributed by atoms with E-state index in [1.54, 1.807) is 7.11 Å². The Balaban J connectivity index is 1.42. The Labute approximate surface area is 240 Å². The molecule has 0 aliphatic heterocycles. The number of unbranched alkanes of at least 4 members (excludes halogenated alkanes) is 13. The smallest absolute Gasteiger partial charge is 0.244 e. The van der Waals surface area contributed by atoms with Gasteiger partial charge in [0.2, 0.25) is 6.33 Å². The van der Waals surface area contributed by atoms with Gasteiger partial charge in [-0.2, -0.15) is 0 Å². The number of ether oxygens (including phenoxy) is 3. The molecule has 39 heavy (non-hydrogen) atoms. The van der Waals surface area contributed by atoms with E-state index in [-0.39, 0.29) is 6.10 Å². The molecule has 1 unspecified atom stereocenters. The zero-order chi connectivity index (χ0) is 27.8. The molecule has 0 aliphatic rings. The molecule has 1 aromatic carbocycles. The van der Waals surface area contributed by atoms with Gasteiger partial charge in [-0.3, -0.25) is 0 Å². The Bertz CT molecular complexity index is 805. The van der Waals surface area contributed by atoms with Crippen LogP contribution in [0.15, 0.2) is 43.0 Å². The lowest BCUT2D eigenvalue weighted by Gasteiger charge is -2.16. The normalized spacial score (nSPS) is 12.3. The lowest BCUT2D eigenvalue weighted by Crippen LogP contribution is -2.30. The van der Waals surface area contributed by atoms with E-state index in [9.17, 15) is 0 Å². The fourth-order valence-corrected chi connectivity index (χ4v) is 4.98. The van der Waals surface area contributed by atoms with Crippen LogP contribution in [0.4, 0.5) is 0 Å². The van der Waals surface area contributed by atoms with E-state index in [2.05, 4.69) is 66.0 Å². The predicted octanol–water partition coefficient (Wildman–Crippen LogP) is 8.26. The van der Waals surface area contributed by atoms with Crippen LogP contribution in [0.25, 0.3) is 0 Å². The fraction of sp³-hybridized carbons (Fsp3) is 0.735. The Kier molecular flexibility index (Phi) is 19.8. The maximum Gasteiger partial charge on any atom is 0.244 e. The van der Waals surface area contributed by atoms with Gasteiger partial charge in [0, 0.05) is 13.7 Å². The first-order valence-corrected chi connectivity index (χ1v) is 16.1. The number of nitrogens with zero attached hydrogens (tertiary/aromatic N) is 2. The van der Waals surface area contributed by atoms with Gasteiger partial charge in [-0.25, -0.2) is 9.13 Å². The molecule has 1 heterocycles. The van der Waals surface area contributed by atoms with Crippen molar-refractivity contribution in [3.05, 3.63) is 54.1 Å². The highest BCUT2D eigenvalue weighted by Gasteiger charge is 2.09. The van der Waals surface area contributed by atoms with Gasteiger partial charge in [-0.15, -0.1) is 0 Å². The average molecular weight is 544 g/mol. The minimum atomic E-state index is -0.0144. The van der Waals surface area contributed by atoms with E-state index in [1.165, 1.54) is 94.6 Å². The maximum atomic E-state index is 5.93. The summed E-state index contributed by atoms with van der Waals surface area (Å²) < 4.78 is 21.8. The Morgan fingerprint density at radius 3 is 1.85 bits per heavy atom. The number of hydrogen-bond donors (Lipinski definition) is 0. The van der Waals surface area contributed by atoms with E-state index in [4.69, 9.17) is 14.2 Å². The summed E-state index contributed by atoms with van der Waals surface area (Å²) in [5.74, 6) is 0. The summed E-state index contributed by atoms with van der Waals surface area (Å²) in [5, 5.41) is 0. The number of hydrogen-bond acceptors (Lipinski definition) is 3.